The second-order valence-electron chi connectivity index (χ2n) is 10.4. The molecule has 0 aromatic carbocycles. The van der Waals surface area contributed by atoms with E-state index in [9.17, 15) is 14.4 Å². The van der Waals surface area contributed by atoms with E-state index in [2.05, 4.69) is 0 Å². The molecule has 2 aliphatic rings. The van der Waals surface area contributed by atoms with E-state index in [4.69, 9.17) is 33.2 Å². The molecule has 0 spiro atoms. The lowest BCUT2D eigenvalue weighted by Gasteiger charge is -2.32. The number of allylic oxidation sites excluding steroid dienone is 5. The third-order valence-electron chi connectivity index (χ3n) is 7.55. The van der Waals surface area contributed by atoms with Crippen LogP contribution in [0.15, 0.2) is 36.0 Å². The Morgan fingerprint density at radius 2 is 1.62 bits per heavy atom. The van der Waals surface area contributed by atoms with Crippen LogP contribution in [0.25, 0.3) is 0 Å². The maximum atomic E-state index is 12.9. The van der Waals surface area contributed by atoms with Gasteiger partial charge in [0.1, 0.15) is 12.0 Å². The molecule has 2 rings (SSSR count). The van der Waals surface area contributed by atoms with Crippen molar-refractivity contribution < 1.29 is 47.5 Å². The SMILES string of the molecule is COC(=O)[C@@H]1[C@@H](/C=C\C=C\CC(CC/C(C)=C\C2COC(C)(C)O2)(C(=O)OC)C(=O)OC)CCC1(OC)OC. The molecule has 39 heavy (non-hydrogen) atoms. The molecule has 1 saturated carbocycles. The Morgan fingerprint density at radius 3 is 2.13 bits per heavy atom. The van der Waals surface area contributed by atoms with Gasteiger partial charge in [0.25, 0.3) is 0 Å². The van der Waals surface area contributed by atoms with Gasteiger partial charge in [-0.05, 0) is 52.4 Å². The summed E-state index contributed by atoms with van der Waals surface area (Å²) in [4.78, 5) is 38.3. The van der Waals surface area contributed by atoms with Gasteiger partial charge >= 0.3 is 17.9 Å². The largest absolute Gasteiger partial charge is 0.469 e. The van der Waals surface area contributed by atoms with Crippen LogP contribution in [0.2, 0.25) is 0 Å². The van der Waals surface area contributed by atoms with Crippen molar-refractivity contribution in [1.29, 1.82) is 0 Å². The van der Waals surface area contributed by atoms with Crippen LogP contribution in [0.5, 0.6) is 0 Å². The van der Waals surface area contributed by atoms with Crippen molar-refractivity contribution >= 4 is 17.9 Å². The molecule has 0 aromatic heterocycles. The minimum Gasteiger partial charge on any atom is -0.469 e. The standard InChI is InChI=1S/C29H44O10/c1-20(18-22-19-38-27(2,3)39-22)13-16-28(25(31)34-5,26(32)35-6)15-11-9-10-12-21-14-17-29(36-7,37-8)23(21)24(30)33-4/h9-12,18,21-23H,13-17,19H2,1-8H3/b11-9+,12-10-,20-18-/t21-,22?,23-/m0/s1. The van der Waals surface area contributed by atoms with Crippen molar-refractivity contribution in [2.45, 2.75) is 70.6 Å². The summed E-state index contributed by atoms with van der Waals surface area (Å²) in [6.45, 7) is 6.06. The summed E-state index contributed by atoms with van der Waals surface area (Å²) < 4.78 is 37.6. The van der Waals surface area contributed by atoms with Crippen molar-refractivity contribution in [1.82, 2.24) is 0 Å². The number of hydrogen-bond acceptors (Lipinski definition) is 10. The Bertz CT molecular complexity index is 928. The average Bonchev–Trinajstić information content (AvgIpc) is 3.47. The minimum atomic E-state index is -1.52. The van der Waals surface area contributed by atoms with Crippen molar-refractivity contribution in [2.24, 2.45) is 17.3 Å². The summed E-state index contributed by atoms with van der Waals surface area (Å²) in [5.41, 5.74) is -0.560. The third kappa shape index (κ3) is 7.78. The van der Waals surface area contributed by atoms with E-state index in [-0.39, 0.29) is 24.9 Å². The highest BCUT2D eigenvalue weighted by atomic mass is 16.7. The molecule has 0 aromatic rings. The fraction of sp³-hybridized carbons (Fsp3) is 0.690. The predicted molar refractivity (Wildman–Crippen MR) is 142 cm³/mol. The fourth-order valence-electron chi connectivity index (χ4n) is 5.36. The smallest absolute Gasteiger partial charge is 0.323 e. The van der Waals surface area contributed by atoms with Gasteiger partial charge in [-0.15, -0.1) is 0 Å². The Kier molecular flexibility index (Phi) is 11.9. The number of methoxy groups -OCH3 is 5. The van der Waals surface area contributed by atoms with Crippen LogP contribution in [0, 0.1) is 17.3 Å². The van der Waals surface area contributed by atoms with Gasteiger partial charge in [-0.2, -0.15) is 0 Å². The second-order valence-corrected chi connectivity index (χ2v) is 10.4. The summed E-state index contributed by atoms with van der Waals surface area (Å²) in [5.74, 6) is -4.23. The summed E-state index contributed by atoms with van der Waals surface area (Å²) in [7, 11) is 6.86. The number of carbonyl (C=O) groups is 3. The topological polar surface area (TPSA) is 116 Å². The van der Waals surface area contributed by atoms with Gasteiger partial charge in [0.15, 0.2) is 17.0 Å². The minimum absolute atomic E-state index is 0.0746. The van der Waals surface area contributed by atoms with Gasteiger partial charge in [0, 0.05) is 20.6 Å². The monoisotopic (exact) mass is 552 g/mol. The fourth-order valence-corrected chi connectivity index (χ4v) is 5.36. The van der Waals surface area contributed by atoms with E-state index >= 15 is 0 Å². The molecule has 2 fully saturated rings. The molecule has 3 atom stereocenters. The Morgan fingerprint density at radius 1 is 0.974 bits per heavy atom. The van der Waals surface area contributed by atoms with Crippen LogP contribution < -0.4 is 0 Å². The predicted octanol–water partition coefficient (Wildman–Crippen LogP) is 3.89. The van der Waals surface area contributed by atoms with E-state index in [1.165, 1.54) is 35.5 Å². The Labute approximate surface area is 231 Å². The van der Waals surface area contributed by atoms with Gasteiger partial charge in [-0.3, -0.25) is 14.4 Å². The summed E-state index contributed by atoms with van der Waals surface area (Å²) >= 11 is 0. The number of ether oxygens (including phenoxy) is 7. The van der Waals surface area contributed by atoms with Crippen LogP contribution in [0.1, 0.15) is 52.9 Å². The number of esters is 3. The molecule has 1 saturated heterocycles. The van der Waals surface area contributed by atoms with E-state index in [1.54, 1.807) is 18.2 Å². The lowest BCUT2D eigenvalue weighted by Crippen LogP contribution is -2.44. The zero-order valence-corrected chi connectivity index (χ0v) is 24.4. The molecule has 220 valence electrons. The molecule has 0 bridgehead atoms. The van der Waals surface area contributed by atoms with E-state index < -0.39 is 40.8 Å². The van der Waals surface area contributed by atoms with Gasteiger partial charge in [-0.25, -0.2) is 0 Å². The molecule has 1 aliphatic carbocycles. The highest BCUT2D eigenvalue weighted by Gasteiger charge is 2.53. The van der Waals surface area contributed by atoms with Crippen molar-refractivity contribution in [3.63, 3.8) is 0 Å². The van der Waals surface area contributed by atoms with Crippen LogP contribution >= 0.6 is 0 Å². The van der Waals surface area contributed by atoms with Gasteiger partial charge in [0.05, 0.1) is 27.9 Å². The third-order valence-corrected chi connectivity index (χ3v) is 7.55. The number of hydrogen-bond donors (Lipinski definition) is 0. The molecule has 1 heterocycles. The van der Waals surface area contributed by atoms with Gasteiger partial charge in [0.2, 0.25) is 0 Å². The van der Waals surface area contributed by atoms with Crippen molar-refractivity contribution in [2.75, 3.05) is 42.2 Å². The lowest BCUT2D eigenvalue weighted by atomic mass is 9.78. The highest BCUT2D eigenvalue weighted by Crippen LogP contribution is 2.44. The molecule has 1 unspecified atom stereocenters. The zero-order valence-electron chi connectivity index (χ0n) is 24.4. The molecule has 0 amide bonds. The molecular formula is C29H44O10. The lowest BCUT2D eigenvalue weighted by molar-refractivity contribution is -0.234. The van der Waals surface area contributed by atoms with Crippen LogP contribution in [0.4, 0.5) is 0 Å². The molecule has 0 radical (unpaired) electrons. The first-order valence-electron chi connectivity index (χ1n) is 13.1. The molecule has 10 nitrogen and oxygen atoms in total. The zero-order chi connectivity index (χ0) is 29.3. The molecular weight excluding hydrogens is 508 g/mol. The van der Waals surface area contributed by atoms with E-state index in [0.717, 1.165) is 5.57 Å². The van der Waals surface area contributed by atoms with E-state index in [0.29, 0.717) is 25.9 Å². The van der Waals surface area contributed by atoms with Gasteiger partial charge < -0.3 is 33.2 Å². The first-order valence-corrected chi connectivity index (χ1v) is 13.1. The van der Waals surface area contributed by atoms with Crippen LogP contribution in [0.3, 0.4) is 0 Å². The number of carbonyl (C=O) groups excluding carboxylic acids is 3. The normalized spacial score (nSPS) is 24.8. The second kappa shape index (κ2) is 14.2. The summed E-state index contributed by atoms with van der Waals surface area (Å²) in [5, 5.41) is 0. The Hall–Kier alpha value is -2.53. The molecule has 0 N–H and O–H groups in total. The van der Waals surface area contributed by atoms with Crippen molar-refractivity contribution in [3.8, 4) is 0 Å². The quantitative estimate of drug-likeness (QED) is 0.0832. The highest BCUT2D eigenvalue weighted by molar-refractivity contribution is 6.00. The summed E-state index contributed by atoms with van der Waals surface area (Å²) in [6, 6.07) is 0. The van der Waals surface area contributed by atoms with Crippen LogP contribution in [-0.2, 0) is 47.5 Å². The first kappa shape index (κ1) is 32.7. The first-order chi connectivity index (χ1) is 18.4. The maximum absolute atomic E-state index is 12.9. The Balaban J connectivity index is 2.17. The number of rotatable bonds is 13. The average molecular weight is 553 g/mol. The molecule has 10 heteroatoms. The summed E-state index contributed by atoms with van der Waals surface area (Å²) in [6.07, 6.45) is 10.8. The van der Waals surface area contributed by atoms with Gasteiger partial charge in [-0.1, -0.05) is 36.0 Å². The molecule has 1 aliphatic heterocycles. The maximum Gasteiger partial charge on any atom is 0.323 e. The van der Waals surface area contributed by atoms with E-state index in [1.807, 2.05) is 32.9 Å². The van der Waals surface area contributed by atoms with Crippen LogP contribution in [-0.4, -0.2) is 77.7 Å². The van der Waals surface area contributed by atoms with Crippen molar-refractivity contribution in [3.05, 3.63) is 36.0 Å².